The molecular formula is C27H26F2N6O3S. The second-order valence-electron chi connectivity index (χ2n) is 10.0. The molecule has 0 atom stereocenters. The zero-order valence-corrected chi connectivity index (χ0v) is 22.2. The molecule has 202 valence electrons. The molecule has 2 heterocycles. The molecule has 0 spiro atoms. The van der Waals surface area contributed by atoms with E-state index in [-0.39, 0.29) is 11.3 Å². The van der Waals surface area contributed by atoms with Crippen LogP contribution in [0.1, 0.15) is 20.3 Å². The van der Waals surface area contributed by atoms with Crippen molar-refractivity contribution in [2.45, 2.75) is 32.4 Å². The Hall–Kier alpha value is -4.16. The Balaban J connectivity index is 1.53. The number of halogens is 2. The van der Waals surface area contributed by atoms with E-state index < -0.39 is 27.3 Å². The lowest BCUT2D eigenvalue weighted by Crippen LogP contribution is -2.21. The van der Waals surface area contributed by atoms with Gasteiger partial charge < -0.3 is 5.11 Å². The van der Waals surface area contributed by atoms with Crippen LogP contribution in [0.3, 0.4) is 0 Å². The van der Waals surface area contributed by atoms with Crippen molar-refractivity contribution in [2.75, 3.05) is 11.0 Å². The van der Waals surface area contributed by atoms with E-state index in [9.17, 15) is 22.3 Å². The highest BCUT2D eigenvalue weighted by molar-refractivity contribution is 7.92. The molecule has 0 unspecified atom stereocenters. The maximum absolute atomic E-state index is 14.6. The Morgan fingerprint density at radius 3 is 2.54 bits per heavy atom. The average molecular weight is 553 g/mol. The molecule has 0 saturated heterocycles. The van der Waals surface area contributed by atoms with Crippen LogP contribution in [0.5, 0.6) is 0 Å². The Morgan fingerprint density at radius 2 is 1.82 bits per heavy atom. The minimum Gasteiger partial charge on any atom is -0.390 e. The van der Waals surface area contributed by atoms with E-state index in [1.54, 1.807) is 47.8 Å². The van der Waals surface area contributed by atoms with Crippen molar-refractivity contribution in [1.29, 1.82) is 0 Å². The van der Waals surface area contributed by atoms with Crippen molar-refractivity contribution in [3.8, 4) is 28.1 Å². The van der Waals surface area contributed by atoms with Crippen molar-refractivity contribution in [3.63, 3.8) is 0 Å². The quantitative estimate of drug-likeness (QED) is 0.287. The van der Waals surface area contributed by atoms with Gasteiger partial charge in [0.25, 0.3) is 0 Å². The van der Waals surface area contributed by atoms with E-state index in [1.807, 2.05) is 18.2 Å². The summed E-state index contributed by atoms with van der Waals surface area (Å²) in [7, 11) is -3.63. The fourth-order valence-corrected chi connectivity index (χ4v) is 4.75. The first-order chi connectivity index (χ1) is 18.3. The van der Waals surface area contributed by atoms with Gasteiger partial charge in [0.2, 0.25) is 10.0 Å². The summed E-state index contributed by atoms with van der Waals surface area (Å²) in [5.74, 6) is -1.48. The lowest BCUT2D eigenvalue weighted by molar-refractivity contribution is 0.0649. The van der Waals surface area contributed by atoms with Crippen LogP contribution in [0.2, 0.25) is 0 Å². The Labute approximate surface area is 223 Å². The van der Waals surface area contributed by atoms with E-state index >= 15 is 0 Å². The van der Waals surface area contributed by atoms with E-state index in [4.69, 9.17) is 0 Å². The van der Waals surface area contributed by atoms with Gasteiger partial charge in [-0.2, -0.15) is 0 Å². The lowest BCUT2D eigenvalue weighted by atomic mass is 10.0. The normalized spacial score (nSPS) is 12.3. The Morgan fingerprint density at radius 1 is 1.03 bits per heavy atom. The van der Waals surface area contributed by atoms with Crippen LogP contribution >= 0.6 is 0 Å². The molecule has 0 fully saturated rings. The second-order valence-corrected chi connectivity index (χ2v) is 11.8. The molecular weight excluding hydrogens is 526 g/mol. The molecule has 2 aromatic heterocycles. The summed E-state index contributed by atoms with van der Waals surface area (Å²) in [5.41, 5.74) is 3.22. The highest BCUT2D eigenvalue weighted by Crippen LogP contribution is 2.31. The van der Waals surface area contributed by atoms with E-state index in [0.717, 1.165) is 29.5 Å². The van der Waals surface area contributed by atoms with Crippen LogP contribution in [-0.2, 0) is 16.6 Å². The largest absolute Gasteiger partial charge is 0.390 e. The minimum absolute atomic E-state index is 0.120. The maximum Gasteiger partial charge on any atom is 0.229 e. The van der Waals surface area contributed by atoms with Crippen molar-refractivity contribution in [2.24, 2.45) is 0 Å². The van der Waals surface area contributed by atoms with Crippen molar-refractivity contribution >= 4 is 26.7 Å². The summed E-state index contributed by atoms with van der Waals surface area (Å²) in [4.78, 5) is 4.51. The number of hydrogen-bond donors (Lipinski definition) is 2. The number of sulfonamides is 1. The number of benzene rings is 3. The maximum atomic E-state index is 14.6. The first-order valence-electron chi connectivity index (χ1n) is 12.0. The number of nitrogens with zero attached hydrogens (tertiary/aromatic N) is 5. The number of fused-ring (bicyclic) bond motifs is 1. The number of aromatic nitrogens is 5. The van der Waals surface area contributed by atoms with Gasteiger partial charge in [-0.1, -0.05) is 11.3 Å². The predicted molar refractivity (Wildman–Crippen MR) is 145 cm³/mol. The molecule has 39 heavy (non-hydrogen) atoms. The number of hydrogen-bond acceptors (Lipinski definition) is 6. The van der Waals surface area contributed by atoms with Crippen LogP contribution in [0, 0.1) is 11.6 Å². The number of imidazole rings is 1. The van der Waals surface area contributed by atoms with Crippen molar-refractivity contribution in [1.82, 2.24) is 24.5 Å². The summed E-state index contributed by atoms with van der Waals surface area (Å²) in [6, 6.07) is 13.6. The van der Waals surface area contributed by atoms with Crippen LogP contribution in [-0.4, -0.2) is 49.9 Å². The Bertz CT molecular complexity index is 1790. The summed E-state index contributed by atoms with van der Waals surface area (Å²) < 4.78 is 57.9. The zero-order chi connectivity index (χ0) is 27.9. The summed E-state index contributed by atoms with van der Waals surface area (Å²) in [5, 5.41) is 18.3. The zero-order valence-electron chi connectivity index (χ0n) is 21.4. The average Bonchev–Trinajstić information content (AvgIpc) is 3.48. The third-order valence-electron chi connectivity index (χ3n) is 6.08. The molecule has 5 aromatic rings. The number of nitrogens with one attached hydrogen (secondary N) is 1. The van der Waals surface area contributed by atoms with Crippen LogP contribution < -0.4 is 4.72 Å². The topological polar surface area (TPSA) is 115 Å². The number of anilines is 1. The van der Waals surface area contributed by atoms with Gasteiger partial charge in [-0.3, -0.25) is 14.0 Å². The molecule has 3 aromatic carbocycles. The van der Waals surface area contributed by atoms with Crippen LogP contribution in [0.15, 0.2) is 67.1 Å². The number of aliphatic hydroxyl groups is 1. The third-order valence-corrected chi connectivity index (χ3v) is 6.68. The minimum atomic E-state index is -3.63. The summed E-state index contributed by atoms with van der Waals surface area (Å²) in [6.45, 7) is 3.99. The molecule has 0 aliphatic heterocycles. The van der Waals surface area contributed by atoms with Crippen molar-refractivity contribution in [3.05, 3.63) is 78.8 Å². The van der Waals surface area contributed by atoms with Gasteiger partial charge in [0.05, 0.1) is 34.8 Å². The second kappa shape index (κ2) is 9.86. The molecule has 5 rings (SSSR count). The van der Waals surface area contributed by atoms with Gasteiger partial charge >= 0.3 is 0 Å². The number of rotatable bonds is 8. The van der Waals surface area contributed by atoms with Gasteiger partial charge in [-0.15, -0.1) is 5.10 Å². The molecule has 2 N–H and O–H groups in total. The SMILES string of the molecule is CC(C)(O)CCn1cc(-c2ccc3c(c2)ncn3-c2cc(NS(C)(=O)=O)cc(-c3ccc(F)cc3F)c2)nn1. The van der Waals surface area contributed by atoms with Crippen LogP contribution in [0.4, 0.5) is 14.5 Å². The third kappa shape index (κ3) is 6.13. The van der Waals surface area contributed by atoms with Gasteiger partial charge in [0, 0.05) is 29.4 Å². The Kier molecular flexibility index (Phi) is 6.69. The summed E-state index contributed by atoms with van der Waals surface area (Å²) in [6.07, 6.45) is 4.93. The van der Waals surface area contributed by atoms with Gasteiger partial charge in [-0.25, -0.2) is 22.2 Å². The van der Waals surface area contributed by atoms with E-state index in [2.05, 4.69) is 20.0 Å². The van der Waals surface area contributed by atoms with Crippen molar-refractivity contribution < 1.29 is 22.3 Å². The molecule has 0 aliphatic rings. The molecule has 0 aliphatic carbocycles. The first kappa shape index (κ1) is 26.4. The van der Waals surface area contributed by atoms with E-state index in [1.165, 1.54) is 12.1 Å². The number of aryl methyl sites for hydroxylation is 1. The molecule has 0 bridgehead atoms. The fraction of sp³-hybridized carbons (Fsp3) is 0.222. The molecule has 0 amide bonds. The van der Waals surface area contributed by atoms with Gasteiger partial charge in [0.15, 0.2) is 0 Å². The lowest BCUT2D eigenvalue weighted by Gasteiger charge is -2.15. The van der Waals surface area contributed by atoms with E-state index in [0.29, 0.717) is 35.4 Å². The standard InChI is InChI=1S/C27H26F2N6O3S/c1-27(2,36)8-9-34-15-25(31-33-34)17-4-7-26-24(12-17)30-16-35(26)21-11-18(10-20(14-21)32-39(3,37)38)22-6-5-19(28)13-23(22)29/h4-7,10-16,32,36H,8-9H2,1-3H3. The van der Waals surface area contributed by atoms with Gasteiger partial charge in [0.1, 0.15) is 23.7 Å². The summed E-state index contributed by atoms with van der Waals surface area (Å²) >= 11 is 0. The van der Waals surface area contributed by atoms with Crippen LogP contribution in [0.25, 0.3) is 39.1 Å². The highest BCUT2D eigenvalue weighted by Gasteiger charge is 2.16. The predicted octanol–water partition coefficient (Wildman–Crippen LogP) is 4.76. The monoisotopic (exact) mass is 552 g/mol. The van der Waals surface area contributed by atoms with Gasteiger partial charge in [-0.05, 0) is 68.3 Å². The molecule has 9 nitrogen and oxygen atoms in total. The highest BCUT2D eigenvalue weighted by atomic mass is 32.2. The molecule has 0 radical (unpaired) electrons. The smallest absolute Gasteiger partial charge is 0.229 e. The first-order valence-corrected chi connectivity index (χ1v) is 13.9. The molecule has 0 saturated carbocycles. The fourth-order valence-electron chi connectivity index (χ4n) is 4.21. The molecule has 12 heteroatoms.